The number of rotatable bonds is 2. The van der Waals surface area contributed by atoms with E-state index in [0.29, 0.717) is 15.6 Å². The van der Waals surface area contributed by atoms with Gasteiger partial charge in [-0.3, -0.25) is 9.59 Å². The van der Waals surface area contributed by atoms with E-state index in [9.17, 15) is 9.59 Å². The minimum absolute atomic E-state index is 0.188. The molecular weight excluding hydrogens is 362 g/mol. The maximum absolute atomic E-state index is 12.3. The van der Waals surface area contributed by atoms with E-state index in [0.717, 1.165) is 0 Å². The lowest BCUT2D eigenvalue weighted by Crippen LogP contribution is -2.21. The molecule has 0 N–H and O–H groups in total. The fourth-order valence-corrected chi connectivity index (χ4v) is 3.23. The molecule has 2 rings (SSSR count). The fraction of sp³-hybridized carbons (Fsp3) is 0.0769. The average molecular weight is 371 g/mol. The maximum atomic E-state index is 12.3. The van der Waals surface area contributed by atoms with Crippen LogP contribution in [0, 0.1) is 0 Å². The Balaban J connectivity index is 2.63. The summed E-state index contributed by atoms with van der Waals surface area (Å²) in [6.45, 7) is 0. The number of ketones is 1. The van der Waals surface area contributed by atoms with E-state index in [-0.39, 0.29) is 15.8 Å². The van der Waals surface area contributed by atoms with Gasteiger partial charge in [0, 0.05) is 23.3 Å². The monoisotopic (exact) mass is 369 g/mol. The Hall–Kier alpha value is -1.20. The Morgan fingerprint density at radius 2 is 1.78 bits per heavy atom. The van der Waals surface area contributed by atoms with Gasteiger partial charge in [-0.05, 0) is 31.9 Å². The van der Waals surface area contributed by atoms with Gasteiger partial charge in [-0.1, -0.05) is 30.3 Å². The van der Waals surface area contributed by atoms with Crippen LogP contribution >= 0.6 is 31.9 Å². The van der Waals surface area contributed by atoms with Crippen LogP contribution in [0.1, 0.15) is 15.9 Å². The smallest absolute Gasteiger partial charge is 0.265 e. The summed E-state index contributed by atoms with van der Waals surface area (Å²) in [6.07, 6.45) is 1.59. The van der Waals surface area contributed by atoms with E-state index in [2.05, 4.69) is 31.9 Å². The predicted molar refractivity (Wildman–Crippen MR) is 77.0 cm³/mol. The van der Waals surface area contributed by atoms with Crippen LogP contribution in [0.15, 0.2) is 50.3 Å². The standard InChI is InChI=1S/C13H9Br2NO2/c1-16-7-9(14)10(11(15)13(16)18)12(17)8-5-3-2-4-6-8/h2-7H,1H3. The molecule has 0 unspecified atom stereocenters. The highest BCUT2D eigenvalue weighted by Crippen LogP contribution is 2.24. The van der Waals surface area contributed by atoms with Gasteiger partial charge in [0.15, 0.2) is 5.78 Å². The second-order valence-corrected chi connectivity index (χ2v) is 5.42. The lowest BCUT2D eigenvalue weighted by atomic mass is 10.0. The van der Waals surface area contributed by atoms with Gasteiger partial charge in [0.25, 0.3) is 5.56 Å². The summed E-state index contributed by atoms with van der Waals surface area (Å²) in [6, 6.07) is 8.86. The predicted octanol–water partition coefficient (Wildman–Crippen LogP) is 3.14. The normalized spacial score (nSPS) is 10.4. The molecule has 92 valence electrons. The molecule has 18 heavy (non-hydrogen) atoms. The van der Waals surface area contributed by atoms with Crippen LogP contribution in [-0.4, -0.2) is 10.4 Å². The zero-order chi connectivity index (χ0) is 13.3. The zero-order valence-corrected chi connectivity index (χ0v) is 12.7. The molecule has 5 heteroatoms. The van der Waals surface area contributed by atoms with Crippen LogP contribution in [0.2, 0.25) is 0 Å². The number of aromatic nitrogens is 1. The molecule has 1 aromatic carbocycles. The van der Waals surface area contributed by atoms with Crippen molar-refractivity contribution >= 4 is 37.6 Å². The Kier molecular flexibility index (Phi) is 3.82. The second kappa shape index (κ2) is 5.20. The summed E-state index contributed by atoms with van der Waals surface area (Å²) in [5, 5.41) is 0. The van der Waals surface area contributed by atoms with Crippen LogP contribution in [-0.2, 0) is 7.05 Å². The number of nitrogens with zero attached hydrogens (tertiary/aromatic N) is 1. The molecule has 0 fully saturated rings. The van der Waals surface area contributed by atoms with Crippen molar-refractivity contribution in [3.8, 4) is 0 Å². The average Bonchev–Trinajstić information content (AvgIpc) is 2.37. The summed E-state index contributed by atoms with van der Waals surface area (Å²) in [5.74, 6) is -0.188. The van der Waals surface area contributed by atoms with E-state index < -0.39 is 0 Å². The van der Waals surface area contributed by atoms with Gasteiger partial charge in [0.05, 0.1) is 10.0 Å². The molecule has 0 atom stereocenters. The topological polar surface area (TPSA) is 39.1 Å². The highest BCUT2D eigenvalue weighted by Gasteiger charge is 2.19. The van der Waals surface area contributed by atoms with E-state index >= 15 is 0 Å². The molecule has 0 spiro atoms. The van der Waals surface area contributed by atoms with Crippen LogP contribution in [0.5, 0.6) is 0 Å². The van der Waals surface area contributed by atoms with Crippen LogP contribution in [0.4, 0.5) is 0 Å². The Morgan fingerprint density at radius 3 is 2.39 bits per heavy atom. The van der Waals surface area contributed by atoms with E-state index in [1.54, 1.807) is 37.5 Å². The first-order valence-corrected chi connectivity index (χ1v) is 6.75. The number of carbonyl (C=O) groups excluding carboxylic acids is 1. The Morgan fingerprint density at radius 1 is 1.17 bits per heavy atom. The van der Waals surface area contributed by atoms with Crippen molar-refractivity contribution in [2.45, 2.75) is 0 Å². The molecule has 2 aromatic rings. The van der Waals surface area contributed by atoms with Crippen molar-refractivity contribution in [2.75, 3.05) is 0 Å². The van der Waals surface area contributed by atoms with Gasteiger partial charge in [0.1, 0.15) is 0 Å². The number of hydrogen-bond acceptors (Lipinski definition) is 2. The van der Waals surface area contributed by atoms with Crippen molar-refractivity contribution in [1.29, 1.82) is 0 Å². The number of halogens is 2. The largest absolute Gasteiger partial charge is 0.316 e. The van der Waals surface area contributed by atoms with Gasteiger partial charge in [0.2, 0.25) is 0 Å². The highest BCUT2D eigenvalue weighted by atomic mass is 79.9. The quantitative estimate of drug-likeness (QED) is 0.762. The van der Waals surface area contributed by atoms with Crippen molar-refractivity contribution in [3.63, 3.8) is 0 Å². The minimum Gasteiger partial charge on any atom is -0.316 e. The van der Waals surface area contributed by atoms with Gasteiger partial charge in [-0.15, -0.1) is 0 Å². The maximum Gasteiger partial charge on any atom is 0.265 e. The molecule has 0 bridgehead atoms. The van der Waals surface area contributed by atoms with Crippen LogP contribution in [0.3, 0.4) is 0 Å². The number of pyridine rings is 1. The third-order valence-electron chi connectivity index (χ3n) is 2.54. The molecule has 1 heterocycles. The van der Waals surface area contributed by atoms with Crippen molar-refractivity contribution in [3.05, 3.63) is 67.0 Å². The Labute approximate surface area is 121 Å². The fourth-order valence-electron chi connectivity index (χ4n) is 1.60. The molecular formula is C13H9Br2NO2. The number of aryl methyl sites for hydroxylation is 1. The summed E-state index contributed by atoms with van der Waals surface area (Å²) in [4.78, 5) is 24.2. The van der Waals surface area contributed by atoms with Crippen molar-refractivity contribution in [2.24, 2.45) is 7.05 Å². The number of benzene rings is 1. The molecule has 0 aliphatic carbocycles. The second-order valence-electron chi connectivity index (χ2n) is 3.78. The molecule has 3 nitrogen and oxygen atoms in total. The lowest BCUT2D eigenvalue weighted by Gasteiger charge is -2.08. The van der Waals surface area contributed by atoms with Crippen LogP contribution in [0.25, 0.3) is 0 Å². The molecule has 0 aliphatic heterocycles. The number of carbonyl (C=O) groups is 1. The van der Waals surface area contributed by atoms with Crippen LogP contribution < -0.4 is 5.56 Å². The SMILES string of the molecule is Cn1cc(Br)c(C(=O)c2ccccc2)c(Br)c1=O. The molecule has 0 radical (unpaired) electrons. The molecule has 0 saturated heterocycles. The van der Waals surface area contributed by atoms with Gasteiger partial charge in [-0.2, -0.15) is 0 Å². The number of hydrogen-bond donors (Lipinski definition) is 0. The van der Waals surface area contributed by atoms with E-state index in [1.165, 1.54) is 4.57 Å². The van der Waals surface area contributed by atoms with E-state index in [4.69, 9.17) is 0 Å². The van der Waals surface area contributed by atoms with Crippen molar-refractivity contribution < 1.29 is 4.79 Å². The molecule has 0 saturated carbocycles. The molecule has 1 aromatic heterocycles. The molecule has 0 amide bonds. The summed E-state index contributed by atoms with van der Waals surface area (Å²) in [5.41, 5.74) is 0.661. The van der Waals surface area contributed by atoms with E-state index in [1.807, 2.05) is 6.07 Å². The minimum atomic E-state index is -0.238. The third kappa shape index (κ3) is 2.33. The van der Waals surface area contributed by atoms with Crippen molar-refractivity contribution in [1.82, 2.24) is 4.57 Å². The summed E-state index contributed by atoms with van der Waals surface area (Å²) in [7, 11) is 1.63. The first-order valence-electron chi connectivity index (χ1n) is 5.16. The summed E-state index contributed by atoms with van der Waals surface area (Å²) < 4.78 is 2.27. The van der Waals surface area contributed by atoms with Gasteiger partial charge < -0.3 is 4.57 Å². The lowest BCUT2D eigenvalue weighted by molar-refractivity contribution is 0.103. The first kappa shape index (κ1) is 13.2. The Bertz CT molecular complexity index is 663. The zero-order valence-electron chi connectivity index (χ0n) is 9.48. The first-order chi connectivity index (χ1) is 8.52. The summed E-state index contributed by atoms with van der Waals surface area (Å²) >= 11 is 6.52. The van der Waals surface area contributed by atoms with Gasteiger partial charge in [-0.25, -0.2) is 0 Å². The highest BCUT2D eigenvalue weighted by molar-refractivity contribution is 9.11. The molecule has 0 aliphatic rings. The third-order valence-corrected chi connectivity index (χ3v) is 3.87. The van der Waals surface area contributed by atoms with Gasteiger partial charge >= 0.3 is 0 Å².